The number of carbonyl (C=O) groups is 2. The Morgan fingerprint density at radius 3 is 2.59 bits per heavy atom. The van der Waals surface area contributed by atoms with Crippen LogP contribution in [-0.4, -0.2) is 23.3 Å². The summed E-state index contributed by atoms with van der Waals surface area (Å²) in [7, 11) is 0. The van der Waals surface area contributed by atoms with Crippen molar-refractivity contribution in [2.75, 3.05) is 11.9 Å². The lowest BCUT2D eigenvalue weighted by molar-refractivity contribution is -0.138. The Morgan fingerprint density at radius 1 is 1.15 bits per heavy atom. The van der Waals surface area contributed by atoms with E-state index in [1.807, 2.05) is 0 Å². The summed E-state index contributed by atoms with van der Waals surface area (Å²) in [4.78, 5) is 25.7. The van der Waals surface area contributed by atoms with E-state index in [-0.39, 0.29) is 31.0 Å². The number of anilines is 1. The summed E-state index contributed by atoms with van der Waals surface area (Å²) < 4.78 is 39.5. The molecule has 1 aliphatic rings. The minimum Gasteiger partial charge on any atom is -0.334 e. The average molecular weight is 374 g/mol. The first-order valence-corrected chi connectivity index (χ1v) is 8.30. The maximum atomic E-state index is 13.2. The van der Waals surface area contributed by atoms with Crippen molar-refractivity contribution < 1.29 is 22.8 Å². The fraction of sp³-hybridized carbons (Fsp3) is 0.200. The normalized spacial score (nSPS) is 13.7. The van der Waals surface area contributed by atoms with Crippen LogP contribution >= 0.6 is 0 Å². The van der Waals surface area contributed by atoms with E-state index in [1.165, 1.54) is 17.0 Å². The van der Waals surface area contributed by atoms with E-state index >= 15 is 0 Å². The van der Waals surface area contributed by atoms with Crippen molar-refractivity contribution in [3.05, 3.63) is 77.4 Å². The van der Waals surface area contributed by atoms with Gasteiger partial charge in [-0.2, -0.15) is 13.2 Å². The van der Waals surface area contributed by atoms with Crippen molar-refractivity contribution in [1.82, 2.24) is 4.90 Å². The fourth-order valence-corrected chi connectivity index (χ4v) is 3.15. The summed E-state index contributed by atoms with van der Waals surface area (Å²) in [6.07, 6.45) is -3.15. The molecule has 1 N–H and O–H groups in total. The molecule has 0 aromatic heterocycles. The van der Waals surface area contributed by atoms with Crippen molar-refractivity contribution in [2.45, 2.75) is 19.1 Å². The zero-order valence-corrected chi connectivity index (χ0v) is 14.3. The largest absolute Gasteiger partial charge is 0.416 e. The SMILES string of the molecule is C=CC(=O)Nc1cccc(C(=O)N2CCc3c(cccc3C(F)(F)F)C2)c1. The highest BCUT2D eigenvalue weighted by Gasteiger charge is 2.35. The van der Waals surface area contributed by atoms with Crippen LogP contribution in [0.15, 0.2) is 55.1 Å². The predicted molar refractivity (Wildman–Crippen MR) is 95.2 cm³/mol. The highest BCUT2D eigenvalue weighted by molar-refractivity contribution is 6.00. The number of nitrogens with zero attached hydrogens (tertiary/aromatic N) is 1. The van der Waals surface area contributed by atoms with Gasteiger partial charge in [0, 0.05) is 24.3 Å². The molecule has 2 aromatic rings. The van der Waals surface area contributed by atoms with Gasteiger partial charge >= 0.3 is 6.18 Å². The van der Waals surface area contributed by atoms with Crippen molar-refractivity contribution >= 4 is 17.5 Å². The third-order valence-electron chi connectivity index (χ3n) is 4.42. The molecule has 1 heterocycles. The third-order valence-corrected chi connectivity index (χ3v) is 4.42. The number of amides is 2. The van der Waals surface area contributed by atoms with Crippen molar-refractivity contribution in [2.24, 2.45) is 0 Å². The van der Waals surface area contributed by atoms with Gasteiger partial charge in [0.05, 0.1) is 5.56 Å². The summed E-state index contributed by atoms with van der Waals surface area (Å²) in [6, 6.07) is 10.5. The van der Waals surface area contributed by atoms with Gasteiger partial charge in [0.2, 0.25) is 5.91 Å². The van der Waals surface area contributed by atoms with Gasteiger partial charge in [-0.25, -0.2) is 0 Å². The predicted octanol–water partition coefficient (Wildman–Crippen LogP) is 4.03. The first-order valence-electron chi connectivity index (χ1n) is 8.30. The Bertz CT molecular complexity index is 906. The van der Waals surface area contributed by atoms with E-state index in [2.05, 4.69) is 11.9 Å². The second-order valence-electron chi connectivity index (χ2n) is 6.19. The Hall–Kier alpha value is -3.09. The number of halogens is 3. The number of nitrogens with one attached hydrogen (secondary N) is 1. The molecule has 3 rings (SSSR count). The van der Waals surface area contributed by atoms with Gasteiger partial charge in [0.25, 0.3) is 5.91 Å². The van der Waals surface area contributed by atoms with E-state index < -0.39 is 17.6 Å². The van der Waals surface area contributed by atoms with Crippen LogP contribution in [0.1, 0.15) is 27.0 Å². The van der Waals surface area contributed by atoms with Crippen LogP contribution in [-0.2, 0) is 23.9 Å². The first-order chi connectivity index (χ1) is 12.8. The molecule has 0 bridgehead atoms. The lowest BCUT2D eigenvalue weighted by Crippen LogP contribution is -2.36. The van der Waals surface area contributed by atoms with Gasteiger partial charge in [-0.15, -0.1) is 0 Å². The van der Waals surface area contributed by atoms with Crippen LogP contribution in [0.5, 0.6) is 0 Å². The molecule has 27 heavy (non-hydrogen) atoms. The minimum absolute atomic E-state index is 0.112. The Kier molecular flexibility index (Phi) is 5.03. The van der Waals surface area contributed by atoms with Gasteiger partial charge in [-0.1, -0.05) is 24.8 Å². The molecular formula is C20H17F3N2O2. The van der Waals surface area contributed by atoms with Crippen LogP contribution in [0.25, 0.3) is 0 Å². The van der Waals surface area contributed by atoms with E-state index in [1.54, 1.807) is 24.3 Å². The third kappa shape index (κ3) is 4.02. The van der Waals surface area contributed by atoms with Crippen LogP contribution < -0.4 is 5.32 Å². The highest BCUT2D eigenvalue weighted by atomic mass is 19.4. The molecule has 1 aliphatic heterocycles. The van der Waals surface area contributed by atoms with Crippen molar-refractivity contribution in [3.63, 3.8) is 0 Å². The summed E-state index contributed by atoms with van der Waals surface area (Å²) in [5, 5.41) is 2.58. The summed E-state index contributed by atoms with van der Waals surface area (Å²) in [6.45, 7) is 3.68. The monoisotopic (exact) mass is 374 g/mol. The molecule has 2 amide bonds. The maximum absolute atomic E-state index is 13.2. The van der Waals surface area contributed by atoms with Crippen LogP contribution in [0.4, 0.5) is 18.9 Å². The summed E-state index contributed by atoms with van der Waals surface area (Å²) in [5.74, 6) is -0.695. The second kappa shape index (κ2) is 7.26. The fourth-order valence-electron chi connectivity index (χ4n) is 3.15. The Balaban J connectivity index is 1.82. The van der Waals surface area contributed by atoms with E-state index in [4.69, 9.17) is 0 Å². The zero-order chi connectivity index (χ0) is 19.6. The molecule has 7 heteroatoms. The molecule has 140 valence electrons. The smallest absolute Gasteiger partial charge is 0.334 e. The van der Waals surface area contributed by atoms with Crippen molar-refractivity contribution in [1.29, 1.82) is 0 Å². The number of carbonyl (C=O) groups excluding carboxylic acids is 2. The molecular weight excluding hydrogens is 357 g/mol. The average Bonchev–Trinajstić information content (AvgIpc) is 2.65. The molecule has 0 aliphatic carbocycles. The number of fused-ring (bicyclic) bond motifs is 1. The van der Waals surface area contributed by atoms with Crippen LogP contribution in [0.2, 0.25) is 0 Å². The van der Waals surface area contributed by atoms with E-state index in [9.17, 15) is 22.8 Å². The zero-order valence-electron chi connectivity index (χ0n) is 14.3. The van der Waals surface area contributed by atoms with E-state index in [0.717, 1.165) is 12.1 Å². The lowest BCUT2D eigenvalue weighted by Gasteiger charge is -2.30. The van der Waals surface area contributed by atoms with Crippen LogP contribution in [0, 0.1) is 0 Å². The summed E-state index contributed by atoms with van der Waals surface area (Å²) >= 11 is 0. The molecule has 0 fully saturated rings. The van der Waals surface area contributed by atoms with Gasteiger partial charge < -0.3 is 10.2 Å². The van der Waals surface area contributed by atoms with Gasteiger partial charge in [0.1, 0.15) is 0 Å². The number of alkyl halides is 3. The topological polar surface area (TPSA) is 49.4 Å². The number of benzene rings is 2. The molecule has 0 atom stereocenters. The van der Waals surface area contributed by atoms with Crippen LogP contribution in [0.3, 0.4) is 0 Å². The molecule has 0 radical (unpaired) electrons. The Morgan fingerprint density at radius 2 is 1.89 bits per heavy atom. The number of rotatable bonds is 3. The lowest BCUT2D eigenvalue weighted by atomic mass is 9.94. The van der Waals surface area contributed by atoms with Gasteiger partial charge in [-0.3, -0.25) is 9.59 Å². The quantitative estimate of drug-likeness (QED) is 0.825. The van der Waals surface area contributed by atoms with E-state index in [0.29, 0.717) is 16.8 Å². The van der Waals surface area contributed by atoms with Gasteiger partial charge in [-0.05, 0) is 47.9 Å². The second-order valence-corrected chi connectivity index (χ2v) is 6.19. The number of hydrogen-bond donors (Lipinski definition) is 1. The molecule has 4 nitrogen and oxygen atoms in total. The Labute approximate surface area is 154 Å². The molecule has 0 saturated heterocycles. The van der Waals surface area contributed by atoms with Gasteiger partial charge in [0.15, 0.2) is 0 Å². The maximum Gasteiger partial charge on any atom is 0.416 e. The standard InChI is InChI=1S/C20H17F3N2O2/c1-2-18(26)24-15-7-3-5-13(11-15)19(27)25-10-9-16-14(12-25)6-4-8-17(16)20(21,22)23/h2-8,11H,1,9-10,12H2,(H,24,26). The molecule has 0 saturated carbocycles. The minimum atomic E-state index is -4.41. The summed E-state index contributed by atoms with van der Waals surface area (Å²) in [5.41, 5.74) is 0.914. The molecule has 2 aromatic carbocycles. The molecule has 0 unspecified atom stereocenters. The highest BCUT2D eigenvalue weighted by Crippen LogP contribution is 2.35. The first kappa shape index (κ1) is 18.7. The number of hydrogen-bond acceptors (Lipinski definition) is 2. The van der Waals surface area contributed by atoms with Crippen molar-refractivity contribution in [3.8, 4) is 0 Å². The molecule has 0 spiro atoms.